The molecule has 1 aromatic carbocycles. The summed E-state index contributed by atoms with van der Waals surface area (Å²) in [5.41, 5.74) is 0. The smallest absolute Gasteiger partial charge is 0.308 e. The van der Waals surface area contributed by atoms with Crippen molar-refractivity contribution in [1.82, 2.24) is 15.5 Å². The van der Waals surface area contributed by atoms with E-state index in [1.807, 2.05) is 32.0 Å². The van der Waals surface area contributed by atoms with Gasteiger partial charge in [-0.1, -0.05) is 32.0 Å². The minimum atomic E-state index is -0.821. The van der Waals surface area contributed by atoms with Crippen molar-refractivity contribution in [3.05, 3.63) is 30.3 Å². The molecule has 1 fully saturated rings. The number of hydrogen-bond donors (Lipinski definition) is 2. The van der Waals surface area contributed by atoms with Crippen LogP contribution < -0.4 is 15.4 Å². The zero-order valence-electron chi connectivity index (χ0n) is 16.7. The highest BCUT2D eigenvalue weighted by atomic mass is 32.1. The molecule has 0 spiro atoms. The summed E-state index contributed by atoms with van der Waals surface area (Å²) in [6.45, 7) is 4.92. The molecule has 1 heterocycles. The van der Waals surface area contributed by atoms with Crippen LogP contribution in [0.15, 0.2) is 30.3 Å². The number of carbonyl (C=O) groups is 3. The van der Waals surface area contributed by atoms with Crippen LogP contribution in [0.3, 0.4) is 0 Å². The summed E-state index contributed by atoms with van der Waals surface area (Å²) in [7, 11) is 0. The molecule has 0 saturated carbocycles. The summed E-state index contributed by atoms with van der Waals surface area (Å²) in [6.07, 6.45) is 0.158. The third-order valence-electron chi connectivity index (χ3n) is 4.15. The minimum Gasteiger partial charge on any atom is -0.490 e. The monoisotopic (exact) mass is 421 g/mol. The van der Waals surface area contributed by atoms with Crippen LogP contribution in [0.1, 0.15) is 26.7 Å². The molecule has 0 bridgehead atoms. The van der Waals surface area contributed by atoms with E-state index in [1.54, 1.807) is 17.0 Å². The Bertz CT molecular complexity index is 726. The van der Waals surface area contributed by atoms with Crippen LogP contribution in [0.2, 0.25) is 0 Å². The van der Waals surface area contributed by atoms with E-state index in [0.717, 1.165) is 0 Å². The number of amides is 2. The topological polar surface area (TPSA) is 97.0 Å². The van der Waals surface area contributed by atoms with Crippen molar-refractivity contribution < 1.29 is 23.9 Å². The Hall–Kier alpha value is -2.68. The number of para-hydroxylation sites is 1. The molecule has 29 heavy (non-hydrogen) atoms. The van der Waals surface area contributed by atoms with E-state index < -0.39 is 12.0 Å². The van der Waals surface area contributed by atoms with Crippen LogP contribution >= 0.6 is 12.2 Å². The molecule has 2 rings (SSSR count). The Balaban J connectivity index is 1.82. The molecule has 1 unspecified atom stereocenters. The van der Waals surface area contributed by atoms with Gasteiger partial charge in [-0.15, -0.1) is 0 Å². The number of benzene rings is 1. The van der Waals surface area contributed by atoms with Gasteiger partial charge in [0.15, 0.2) is 5.11 Å². The molecule has 1 aliphatic heterocycles. The fourth-order valence-electron chi connectivity index (χ4n) is 2.82. The highest BCUT2D eigenvalue weighted by Crippen LogP contribution is 2.12. The molecule has 0 aromatic heterocycles. The van der Waals surface area contributed by atoms with Gasteiger partial charge < -0.3 is 25.0 Å². The van der Waals surface area contributed by atoms with Crippen LogP contribution in [-0.2, 0) is 19.1 Å². The summed E-state index contributed by atoms with van der Waals surface area (Å²) in [4.78, 5) is 38.0. The summed E-state index contributed by atoms with van der Waals surface area (Å²) >= 11 is 5.29. The first kappa shape index (κ1) is 22.6. The summed E-state index contributed by atoms with van der Waals surface area (Å²) in [5, 5.41) is 5.50. The number of esters is 1. The van der Waals surface area contributed by atoms with Crippen molar-refractivity contribution in [2.45, 2.75) is 32.7 Å². The molecule has 8 nitrogen and oxygen atoms in total. The maximum Gasteiger partial charge on any atom is 0.308 e. The molecule has 0 radical (unpaired) electrons. The van der Waals surface area contributed by atoms with Gasteiger partial charge in [-0.3, -0.25) is 14.4 Å². The molecule has 1 atom stereocenters. The van der Waals surface area contributed by atoms with Crippen molar-refractivity contribution >= 4 is 35.1 Å². The van der Waals surface area contributed by atoms with E-state index in [1.165, 1.54) is 0 Å². The first-order valence-corrected chi connectivity index (χ1v) is 9.99. The number of nitrogens with one attached hydrogen (secondary N) is 2. The summed E-state index contributed by atoms with van der Waals surface area (Å²) in [6, 6.07) is 8.36. The van der Waals surface area contributed by atoms with Gasteiger partial charge in [0, 0.05) is 19.5 Å². The molecule has 1 saturated heterocycles. The number of carbonyl (C=O) groups excluding carboxylic acids is 3. The molecular weight excluding hydrogens is 394 g/mol. The standard InChI is InChI=1S/C20H27N3O5S/c1-14(2)12-17(24)22-20(29)23-9-8-21-19(26)16(23)13-18(25)28-11-10-27-15-6-4-3-5-7-15/h3-7,14,16H,8-13H2,1-2H3,(H,21,26)(H,22,24,29). The number of hydrogen-bond acceptors (Lipinski definition) is 6. The lowest BCUT2D eigenvalue weighted by molar-refractivity contribution is -0.148. The lowest BCUT2D eigenvalue weighted by Gasteiger charge is -2.36. The number of ether oxygens (including phenoxy) is 2. The van der Waals surface area contributed by atoms with Crippen LogP contribution in [0.5, 0.6) is 5.75 Å². The normalized spacial score (nSPS) is 16.2. The third-order valence-corrected chi connectivity index (χ3v) is 4.49. The van der Waals surface area contributed by atoms with Gasteiger partial charge in [-0.25, -0.2) is 0 Å². The maximum absolute atomic E-state index is 12.3. The number of rotatable bonds is 8. The summed E-state index contributed by atoms with van der Waals surface area (Å²) in [5.74, 6) is -0.204. The van der Waals surface area contributed by atoms with Gasteiger partial charge in [-0.2, -0.15) is 0 Å². The van der Waals surface area contributed by atoms with Gasteiger partial charge in [0.05, 0.1) is 6.42 Å². The molecule has 1 aromatic rings. The van der Waals surface area contributed by atoms with E-state index in [9.17, 15) is 14.4 Å². The fraction of sp³-hybridized carbons (Fsp3) is 0.500. The Labute approximate surface area is 175 Å². The average Bonchev–Trinajstić information content (AvgIpc) is 2.67. The van der Waals surface area contributed by atoms with E-state index in [2.05, 4.69) is 10.6 Å². The molecule has 158 valence electrons. The third kappa shape index (κ3) is 7.69. The molecule has 1 aliphatic rings. The largest absolute Gasteiger partial charge is 0.490 e. The van der Waals surface area contributed by atoms with Gasteiger partial charge in [0.1, 0.15) is 25.0 Å². The predicted molar refractivity (Wildman–Crippen MR) is 111 cm³/mol. The second kappa shape index (κ2) is 11.4. The van der Waals surface area contributed by atoms with Gasteiger partial charge in [0.25, 0.3) is 0 Å². The Morgan fingerprint density at radius 3 is 2.69 bits per heavy atom. The minimum absolute atomic E-state index is 0.0671. The molecular formula is C20H27N3O5S. The molecule has 2 N–H and O–H groups in total. The quantitative estimate of drug-likeness (QED) is 0.370. The number of nitrogens with zero attached hydrogens (tertiary/aromatic N) is 1. The average molecular weight is 422 g/mol. The van der Waals surface area contributed by atoms with Gasteiger partial charge in [0.2, 0.25) is 11.8 Å². The van der Waals surface area contributed by atoms with E-state index in [-0.39, 0.29) is 42.5 Å². The predicted octanol–water partition coefficient (Wildman–Crippen LogP) is 1.25. The van der Waals surface area contributed by atoms with Crippen molar-refractivity contribution in [2.24, 2.45) is 5.92 Å². The van der Waals surface area contributed by atoms with Crippen molar-refractivity contribution in [2.75, 3.05) is 26.3 Å². The molecule has 2 amide bonds. The second-order valence-corrected chi connectivity index (χ2v) is 7.42. The number of thiocarbonyl (C=S) groups is 1. The zero-order valence-corrected chi connectivity index (χ0v) is 17.5. The lowest BCUT2D eigenvalue weighted by atomic mass is 10.1. The second-order valence-electron chi connectivity index (χ2n) is 7.04. The Morgan fingerprint density at radius 2 is 2.00 bits per heavy atom. The van der Waals surface area contributed by atoms with Gasteiger partial charge >= 0.3 is 5.97 Å². The Kier molecular flexibility index (Phi) is 8.85. The SMILES string of the molecule is CC(C)CC(=O)NC(=S)N1CCNC(=O)C1CC(=O)OCCOc1ccccc1. The highest BCUT2D eigenvalue weighted by Gasteiger charge is 2.34. The lowest BCUT2D eigenvalue weighted by Crippen LogP contribution is -2.60. The Morgan fingerprint density at radius 1 is 1.28 bits per heavy atom. The van der Waals surface area contributed by atoms with Crippen LogP contribution in [0.25, 0.3) is 0 Å². The van der Waals surface area contributed by atoms with Gasteiger partial charge in [-0.05, 0) is 30.3 Å². The van der Waals surface area contributed by atoms with Crippen LogP contribution in [0.4, 0.5) is 0 Å². The maximum atomic E-state index is 12.3. The van der Waals surface area contributed by atoms with E-state index in [0.29, 0.717) is 25.3 Å². The molecule has 9 heteroatoms. The fourth-order valence-corrected chi connectivity index (χ4v) is 3.15. The highest BCUT2D eigenvalue weighted by molar-refractivity contribution is 7.80. The first-order chi connectivity index (χ1) is 13.9. The van der Waals surface area contributed by atoms with E-state index in [4.69, 9.17) is 21.7 Å². The zero-order chi connectivity index (χ0) is 21.2. The molecule has 0 aliphatic carbocycles. The van der Waals surface area contributed by atoms with Crippen molar-refractivity contribution in [3.8, 4) is 5.75 Å². The van der Waals surface area contributed by atoms with Crippen molar-refractivity contribution in [1.29, 1.82) is 0 Å². The van der Waals surface area contributed by atoms with E-state index >= 15 is 0 Å². The number of piperazine rings is 1. The first-order valence-electron chi connectivity index (χ1n) is 9.58. The van der Waals surface area contributed by atoms with Crippen molar-refractivity contribution in [3.63, 3.8) is 0 Å². The summed E-state index contributed by atoms with van der Waals surface area (Å²) < 4.78 is 10.6. The van der Waals surface area contributed by atoms with Crippen LogP contribution in [-0.4, -0.2) is 60.1 Å². The van der Waals surface area contributed by atoms with Crippen LogP contribution in [0, 0.1) is 5.92 Å².